The third-order valence-electron chi connectivity index (χ3n) is 6.05. The lowest BCUT2D eigenvalue weighted by molar-refractivity contribution is 0.0386. The largest absolute Gasteiger partial charge is 0.478 e. The van der Waals surface area contributed by atoms with Crippen molar-refractivity contribution in [3.8, 4) is 0 Å². The Kier molecular flexibility index (Phi) is 5.59. The Hall–Kier alpha value is -3.48. The number of aromatic carboxylic acids is 2. The minimum Gasteiger partial charge on any atom is -0.478 e. The van der Waals surface area contributed by atoms with Gasteiger partial charge in [0.2, 0.25) is 0 Å². The second kappa shape index (κ2) is 8.34. The van der Waals surface area contributed by atoms with Crippen molar-refractivity contribution in [2.24, 2.45) is 0 Å². The fraction of sp³-hybridized carbons (Fsp3) is 0.333. The quantitative estimate of drug-likeness (QED) is 0.568. The highest BCUT2D eigenvalue weighted by atomic mass is 16.6. The van der Waals surface area contributed by atoms with Crippen molar-refractivity contribution in [1.82, 2.24) is 0 Å². The summed E-state index contributed by atoms with van der Waals surface area (Å²) in [5.74, 6) is -4.75. The zero-order valence-corrected chi connectivity index (χ0v) is 16.9. The number of carboxylic acids is 2. The zero-order valence-electron chi connectivity index (χ0n) is 16.9. The molecule has 0 aromatic heterocycles. The van der Waals surface area contributed by atoms with Crippen molar-refractivity contribution in [3.05, 3.63) is 68.8 Å². The molecular formula is C24H22O7. The number of esters is 2. The Morgan fingerprint density at radius 1 is 0.548 bits per heavy atom. The summed E-state index contributed by atoms with van der Waals surface area (Å²) < 4.78 is 4.98. The van der Waals surface area contributed by atoms with Crippen LogP contribution in [0.3, 0.4) is 0 Å². The van der Waals surface area contributed by atoms with E-state index in [4.69, 9.17) is 4.74 Å². The first kappa shape index (κ1) is 20.8. The van der Waals surface area contributed by atoms with Gasteiger partial charge in [0.05, 0.1) is 22.3 Å². The van der Waals surface area contributed by atoms with Crippen LogP contribution in [-0.2, 0) is 30.4 Å². The van der Waals surface area contributed by atoms with Gasteiger partial charge in [-0.3, -0.25) is 0 Å². The molecule has 2 aliphatic rings. The fourth-order valence-electron chi connectivity index (χ4n) is 4.46. The third-order valence-corrected chi connectivity index (χ3v) is 6.05. The Morgan fingerprint density at radius 3 is 1.13 bits per heavy atom. The number of aryl methyl sites for hydroxylation is 4. The van der Waals surface area contributed by atoms with Gasteiger partial charge in [0, 0.05) is 0 Å². The van der Waals surface area contributed by atoms with E-state index in [0.29, 0.717) is 0 Å². The molecule has 31 heavy (non-hydrogen) atoms. The predicted octanol–water partition coefficient (Wildman–Crippen LogP) is 3.84. The van der Waals surface area contributed by atoms with Gasteiger partial charge in [-0.25, -0.2) is 19.2 Å². The van der Waals surface area contributed by atoms with E-state index < -0.39 is 23.9 Å². The number of fused-ring (bicyclic) bond motifs is 2. The van der Waals surface area contributed by atoms with Gasteiger partial charge in [0.15, 0.2) is 0 Å². The summed E-state index contributed by atoms with van der Waals surface area (Å²) in [6.45, 7) is 0. The van der Waals surface area contributed by atoms with Crippen LogP contribution in [0.5, 0.6) is 0 Å². The highest BCUT2D eigenvalue weighted by Gasteiger charge is 2.27. The normalized spacial score (nSPS) is 14.8. The van der Waals surface area contributed by atoms with Crippen LogP contribution in [-0.4, -0.2) is 34.1 Å². The van der Waals surface area contributed by atoms with Gasteiger partial charge in [-0.2, -0.15) is 0 Å². The van der Waals surface area contributed by atoms with Crippen molar-refractivity contribution in [3.63, 3.8) is 0 Å². The first-order chi connectivity index (χ1) is 14.8. The fourth-order valence-corrected chi connectivity index (χ4v) is 4.46. The first-order valence-corrected chi connectivity index (χ1v) is 10.4. The lowest BCUT2D eigenvalue weighted by Gasteiger charge is -2.19. The maximum absolute atomic E-state index is 12.8. The summed E-state index contributed by atoms with van der Waals surface area (Å²) in [5.41, 5.74) is 2.67. The second-order valence-corrected chi connectivity index (χ2v) is 8.03. The SMILES string of the molecule is O=C(O)c1cc2c(cc1C(=O)OC(=O)c1cc3c(cc1C(=O)O)CCCC3)CCCC2. The number of carbonyl (C=O) groups is 4. The van der Waals surface area contributed by atoms with Crippen LogP contribution in [0.25, 0.3) is 0 Å². The molecule has 0 heterocycles. The molecule has 7 heteroatoms. The summed E-state index contributed by atoms with van der Waals surface area (Å²) in [6.07, 6.45) is 6.68. The molecule has 4 rings (SSSR count). The lowest BCUT2D eigenvalue weighted by Crippen LogP contribution is -2.20. The van der Waals surface area contributed by atoms with Gasteiger partial charge in [0.25, 0.3) is 0 Å². The molecule has 0 radical (unpaired) electrons. The minimum absolute atomic E-state index is 0.198. The van der Waals surface area contributed by atoms with Crippen LogP contribution in [0.2, 0.25) is 0 Å². The minimum atomic E-state index is -1.28. The number of rotatable bonds is 4. The standard InChI is InChI=1S/C24H22O7/c25-21(26)17-9-13-5-1-3-7-15(13)11-19(17)23(29)31-24(30)20-12-16-8-4-2-6-14(16)10-18(20)22(27)28/h9-12H,1-8H2,(H,25,26)(H,27,28). The van der Waals surface area contributed by atoms with Gasteiger partial charge in [-0.1, -0.05) is 0 Å². The average Bonchev–Trinajstić information content (AvgIpc) is 2.77. The van der Waals surface area contributed by atoms with Crippen LogP contribution in [0.15, 0.2) is 24.3 Å². The van der Waals surface area contributed by atoms with E-state index in [2.05, 4.69) is 0 Å². The molecule has 0 unspecified atom stereocenters. The van der Waals surface area contributed by atoms with Crippen molar-refractivity contribution in [2.75, 3.05) is 0 Å². The van der Waals surface area contributed by atoms with Gasteiger partial charge < -0.3 is 14.9 Å². The smallest absolute Gasteiger partial charge is 0.346 e. The highest BCUT2D eigenvalue weighted by molar-refractivity contribution is 6.10. The molecule has 2 aromatic carbocycles. The van der Waals surface area contributed by atoms with E-state index in [-0.39, 0.29) is 22.3 Å². The van der Waals surface area contributed by atoms with Crippen LogP contribution < -0.4 is 0 Å². The molecule has 0 amide bonds. The molecule has 0 aliphatic heterocycles. The number of carboxylic acid groups (broad SMARTS) is 2. The van der Waals surface area contributed by atoms with Crippen molar-refractivity contribution < 1.29 is 34.1 Å². The van der Waals surface area contributed by atoms with Crippen LogP contribution in [0.1, 0.15) is 89.4 Å². The van der Waals surface area contributed by atoms with Crippen molar-refractivity contribution in [2.45, 2.75) is 51.4 Å². The van der Waals surface area contributed by atoms with E-state index in [9.17, 15) is 29.4 Å². The number of benzene rings is 2. The van der Waals surface area contributed by atoms with Crippen molar-refractivity contribution >= 4 is 23.9 Å². The Bertz CT molecular complexity index is 1030. The predicted molar refractivity (Wildman–Crippen MR) is 110 cm³/mol. The van der Waals surface area contributed by atoms with E-state index in [1.54, 1.807) is 0 Å². The summed E-state index contributed by atoms with van der Waals surface area (Å²) >= 11 is 0. The molecule has 7 nitrogen and oxygen atoms in total. The molecule has 0 saturated heterocycles. The van der Waals surface area contributed by atoms with E-state index >= 15 is 0 Å². The lowest BCUT2D eigenvalue weighted by atomic mass is 9.88. The average molecular weight is 422 g/mol. The Morgan fingerprint density at radius 2 is 0.839 bits per heavy atom. The second-order valence-electron chi connectivity index (χ2n) is 8.03. The molecule has 0 atom stereocenters. The number of carbonyl (C=O) groups excluding carboxylic acids is 2. The molecule has 2 aromatic rings. The van der Waals surface area contributed by atoms with E-state index in [1.807, 2.05) is 0 Å². The Labute approximate surface area is 178 Å². The van der Waals surface area contributed by atoms with Crippen LogP contribution in [0, 0.1) is 0 Å². The zero-order chi connectivity index (χ0) is 22.1. The topological polar surface area (TPSA) is 118 Å². The molecule has 2 aliphatic carbocycles. The van der Waals surface area contributed by atoms with Gasteiger partial charge in [-0.05, 0) is 97.9 Å². The molecule has 0 bridgehead atoms. The summed E-state index contributed by atoms with van der Waals surface area (Å²) in [7, 11) is 0. The maximum atomic E-state index is 12.8. The van der Waals surface area contributed by atoms with Gasteiger partial charge in [-0.15, -0.1) is 0 Å². The number of ether oxygens (including phenoxy) is 1. The third kappa shape index (κ3) is 4.08. The number of hydrogen-bond donors (Lipinski definition) is 2. The highest BCUT2D eigenvalue weighted by Crippen LogP contribution is 2.28. The summed E-state index contributed by atoms with van der Waals surface area (Å²) in [6, 6.07) is 5.91. The van der Waals surface area contributed by atoms with Crippen LogP contribution >= 0.6 is 0 Å². The van der Waals surface area contributed by atoms with Crippen LogP contribution in [0.4, 0.5) is 0 Å². The maximum Gasteiger partial charge on any atom is 0.346 e. The first-order valence-electron chi connectivity index (χ1n) is 10.4. The van der Waals surface area contributed by atoms with E-state index in [1.165, 1.54) is 24.3 Å². The monoisotopic (exact) mass is 422 g/mol. The summed E-state index contributed by atoms with van der Waals surface area (Å²) in [4.78, 5) is 48.9. The van der Waals surface area contributed by atoms with E-state index in [0.717, 1.165) is 73.6 Å². The molecule has 0 spiro atoms. The molecule has 160 valence electrons. The summed E-state index contributed by atoms with van der Waals surface area (Å²) in [5, 5.41) is 19.1. The number of hydrogen-bond acceptors (Lipinski definition) is 5. The molecule has 2 N–H and O–H groups in total. The van der Waals surface area contributed by atoms with Crippen molar-refractivity contribution in [1.29, 1.82) is 0 Å². The van der Waals surface area contributed by atoms with Gasteiger partial charge >= 0.3 is 23.9 Å². The molecular weight excluding hydrogens is 400 g/mol. The Balaban J connectivity index is 1.67. The molecule has 0 saturated carbocycles. The molecule has 0 fully saturated rings. The van der Waals surface area contributed by atoms with Gasteiger partial charge in [0.1, 0.15) is 0 Å².